The van der Waals surface area contributed by atoms with Gasteiger partial charge in [0, 0.05) is 5.56 Å². The fraction of sp³-hybridized carbons (Fsp3) is 0.200. The van der Waals surface area contributed by atoms with E-state index >= 15 is 0 Å². The third-order valence-corrected chi connectivity index (χ3v) is 2.09. The summed E-state index contributed by atoms with van der Waals surface area (Å²) < 4.78 is 18.2. The summed E-state index contributed by atoms with van der Waals surface area (Å²) in [5.41, 5.74) is 0.829. The standard InChI is InChI=1S/C10H9FNO2/c1-6-3-2-4-7(11)9(6)10-12-5-8(13)14-10/h2-4,10,12H,1,5H2. The van der Waals surface area contributed by atoms with Gasteiger partial charge in [-0.1, -0.05) is 12.1 Å². The highest BCUT2D eigenvalue weighted by molar-refractivity contribution is 5.74. The highest BCUT2D eigenvalue weighted by atomic mass is 19.1. The lowest BCUT2D eigenvalue weighted by Gasteiger charge is -2.13. The molecule has 4 heteroatoms. The number of rotatable bonds is 1. The van der Waals surface area contributed by atoms with E-state index < -0.39 is 12.0 Å². The Balaban J connectivity index is 2.36. The second-order valence-corrected chi connectivity index (χ2v) is 3.06. The Morgan fingerprint density at radius 3 is 2.93 bits per heavy atom. The third-order valence-electron chi connectivity index (χ3n) is 2.09. The molecule has 1 fully saturated rings. The van der Waals surface area contributed by atoms with Crippen LogP contribution < -0.4 is 5.32 Å². The molecule has 1 N–H and O–H groups in total. The normalized spacial score (nSPS) is 21.0. The Kier molecular flexibility index (Phi) is 2.21. The molecule has 1 aliphatic heterocycles. The topological polar surface area (TPSA) is 38.3 Å². The van der Waals surface area contributed by atoms with Gasteiger partial charge in [-0.3, -0.25) is 10.1 Å². The van der Waals surface area contributed by atoms with E-state index in [0.717, 1.165) is 0 Å². The highest BCUT2D eigenvalue weighted by Gasteiger charge is 2.27. The average Bonchev–Trinajstić information content (AvgIpc) is 2.51. The molecule has 1 saturated heterocycles. The molecule has 1 atom stereocenters. The molecular weight excluding hydrogens is 185 g/mol. The number of halogens is 1. The van der Waals surface area contributed by atoms with Crippen molar-refractivity contribution >= 4 is 5.97 Å². The van der Waals surface area contributed by atoms with Crippen LogP contribution in [0.5, 0.6) is 0 Å². The second-order valence-electron chi connectivity index (χ2n) is 3.06. The summed E-state index contributed by atoms with van der Waals surface area (Å²) in [6.07, 6.45) is -0.698. The molecule has 1 unspecified atom stereocenters. The van der Waals surface area contributed by atoms with E-state index in [1.807, 2.05) is 0 Å². The Bertz CT molecular complexity index is 358. The fourth-order valence-corrected chi connectivity index (χ4v) is 1.43. The van der Waals surface area contributed by atoms with Crippen LogP contribution in [0.4, 0.5) is 4.39 Å². The van der Waals surface area contributed by atoms with Gasteiger partial charge in [0.25, 0.3) is 0 Å². The van der Waals surface area contributed by atoms with Crippen molar-refractivity contribution in [3.05, 3.63) is 42.1 Å². The van der Waals surface area contributed by atoms with E-state index in [9.17, 15) is 9.18 Å². The third kappa shape index (κ3) is 1.48. The van der Waals surface area contributed by atoms with E-state index in [1.54, 1.807) is 12.1 Å². The van der Waals surface area contributed by atoms with Crippen LogP contribution in [0.25, 0.3) is 0 Å². The van der Waals surface area contributed by atoms with Crippen LogP contribution in [-0.2, 0) is 9.53 Å². The van der Waals surface area contributed by atoms with E-state index in [2.05, 4.69) is 12.2 Å². The minimum atomic E-state index is -0.698. The van der Waals surface area contributed by atoms with Crippen LogP contribution in [-0.4, -0.2) is 12.5 Å². The number of carbonyl (C=O) groups excluding carboxylic acids is 1. The van der Waals surface area contributed by atoms with Crippen molar-refractivity contribution in [2.24, 2.45) is 0 Å². The van der Waals surface area contributed by atoms with Gasteiger partial charge < -0.3 is 4.74 Å². The summed E-state index contributed by atoms with van der Waals surface area (Å²) >= 11 is 0. The second kappa shape index (κ2) is 3.38. The molecule has 0 spiro atoms. The molecule has 0 aromatic heterocycles. The molecular formula is C10H9FNO2. The van der Waals surface area contributed by atoms with Gasteiger partial charge in [-0.05, 0) is 18.6 Å². The zero-order valence-corrected chi connectivity index (χ0v) is 7.42. The summed E-state index contributed by atoms with van der Waals surface area (Å²) in [5.74, 6) is -0.789. The van der Waals surface area contributed by atoms with Crippen LogP contribution in [0.3, 0.4) is 0 Å². The van der Waals surface area contributed by atoms with Gasteiger partial charge >= 0.3 is 5.97 Å². The predicted octanol–water partition coefficient (Wildman–Crippen LogP) is 1.15. The maximum atomic E-state index is 13.4. The van der Waals surface area contributed by atoms with Crippen molar-refractivity contribution in [3.63, 3.8) is 0 Å². The van der Waals surface area contributed by atoms with Gasteiger partial charge in [0.05, 0.1) is 6.54 Å². The summed E-state index contributed by atoms with van der Waals surface area (Å²) in [7, 11) is 0. The van der Waals surface area contributed by atoms with Crippen LogP contribution in [0.15, 0.2) is 18.2 Å². The zero-order chi connectivity index (χ0) is 10.1. The Labute approximate surface area is 80.9 Å². The van der Waals surface area contributed by atoms with Gasteiger partial charge in [0.1, 0.15) is 5.82 Å². The van der Waals surface area contributed by atoms with Gasteiger partial charge in [0.15, 0.2) is 6.23 Å². The molecule has 0 bridgehead atoms. The van der Waals surface area contributed by atoms with Crippen molar-refractivity contribution in [1.82, 2.24) is 5.32 Å². The minimum Gasteiger partial charge on any atom is -0.441 e. The molecule has 3 nitrogen and oxygen atoms in total. The number of benzene rings is 1. The minimum absolute atomic E-state index is 0.110. The number of esters is 1. The van der Waals surface area contributed by atoms with Gasteiger partial charge in [-0.2, -0.15) is 0 Å². The lowest BCUT2D eigenvalue weighted by Crippen LogP contribution is -2.16. The maximum absolute atomic E-state index is 13.4. The smallest absolute Gasteiger partial charge is 0.321 e. The largest absolute Gasteiger partial charge is 0.441 e. The van der Waals surface area contributed by atoms with Gasteiger partial charge in [-0.15, -0.1) is 0 Å². The molecule has 0 amide bonds. The van der Waals surface area contributed by atoms with Crippen molar-refractivity contribution in [2.75, 3.05) is 6.54 Å². The Morgan fingerprint density at radius 1 is 1.57 bits per heavy atom. The molecule has 0 aliphatic carbocycles. The van der Waals surface area contributed by atoms with E-state index in [1.165, 1.54) is 6.07 Å². The quantitative estimate of drug-likeness (QED) is 0.681. The number of hydrogen-bond acceptors (Lipinski definition) is 3. The summed E-state index contributed by atoms with van der Waals surface area (Å²) in [6, 6.07) is 4.56. The van der Waals surface area contributed by atoms with E-state index in [-0.39, 0.29) is 12.5 Å². The SMILES string of the molecule is [CH2]c1cccc(F)c1C1NCC(=O)O1. The summed E-state index contributed by atoms with van der Waals surface area (Å²) in [6.45, 7) is 3.79. The lowest BCUT2D eigenvalue weighted by atomic mass is 10.1. The highest BCUT2D eigenvalue weighted by Crippen LogP contribution is 2.24. The monoisotopic (exact) mass is 194 g/mol. The van der Waals surface area contributed by atoms with Crippen LogP contribution >= 0.6 is 0 Å². The number of nitrogens with one attached hydrogen (secondary N) is 1. The molecule has 73 valence electrons. The van der Waals surface area contributed by atoms with Crippen molar-refractivity contribution in [2.45, 2.75) is 6.23 Å². The van der Waals surface area contributed by atoms with Gasteiger partial charge in [-0.25, -0.2) is 4.39 Å². The fourth-order valence-electron chi connectivity index (χ4n) is 1.43. The molecule has 0 saturated carbocycles. The predicted molar refractivity (Wildman–Crippen MR) is 47.7 cm³/mol. The van der Waals surface area contributed by atoms with Crippen LogP contribution in [0, 0.1) is 12.7 Å². The molecule has 14 heavy (non-hydrogen) atoms. The average molecular weight is 194 g/mol. The first-order valence-electron chi connectivity index (χ1n) is 4.21. The Hall–Kier alpha value is -1.42. The first kappa shape index (κ1) is 9.15. The van der Waals surface area contributed by atoms with Crippen LogP contribution in [0.1, 0.15) is 17.4 Å². The number of cyclic esters (lactones) is 1. The summed E-state index contributed by atoms with van der Waals surface area (Å²) in [4.78, 5) is 10.8. The molecule has 1 aromatic carbocycles. The Morgan fingerprint density at radius 2 is 2.36 bits per heavy atom. The lowest BCUT2D eigenvalue weighted by molar-refractivity contribution is -0.140. The number of ether oxygens (including phenoxy) is 1. The zero-order valence-electron chi connectivity index (χ0n) is 7.42. The van der Waals surface area contributed by atoms with E-state index in [4.69, 9.17) is 4.74 Å². The summed E-state index contributed by atoms with van der Waals surface area (Å²) in [5, 5.41) is 2.75. The molecule has 1 aliphatic rings. The molecule has 1 aromatic rings. The molecule has 1 heterocycles. The van der Waals surface area contributed by atoms with Crippen molar-refractivity contribution < 1.29 is 13.9 Å². The van der Waals surface area contributed by atoms with E-state index in [0.29, 0.717) is 11.1 Å². The number of hydrogen-bond donors (Lipinski definition) is 1. The first-order valence-corrected chi connectivity index (χ1v) is 4.21. The van der Waals surface area contributed by atoms with Crippen molar-refractivity contribution in [3.8, 4) is 0 Å². The molecule has 2 rings (SSSR count). The van der Waals surface area contributed by atoms with Crippen LogP contribution in [0.2, 0.25) is 0 Å². The van der Waals surface area contributed by atoms with Crippen molar-refractivity contribution in [1.29, 1.82) is 0 Å². The van der Waals surface area contributed by atoms with Gasteiger partial charge in [0.2, 0.25) is 0 Å². The molecule has 1 radical (unpaired) electrons. The number of carbonyl (C=O) groups is 1. The maximum Gasteiger partial charge on any atom is 0.321 e. The first-order chi connectivity index (χ1) is 6.68.